The van der Waals surface area contributed by atoms with Crippen LogP contribution >= 0.6 is 0 Å². The number of carbonyl (C=O) groups excluding carboxylic acids is 1. The van der Waals surface area contributed by atoms with Gasteiger partial charge < -0.3 is 14.2 Å². The summed E-state index contributed by atoms with van der Waals surface area (Å²) in [4.78, 5) is 20.1. The molecule has 1 amide bonds. The van der Waals surface area contributed by atoms with Gasteiger partial charge in [-0.3, -0.25) is 4.79 Å². The molecular weight excluding hydrogens is 398 g/mol. The lowest BCUT2D eigenvalue weighted by atomic mass is 9.94. The highest BCUT2D eigenvalue weighted by molar-refractivity contribution is 5.81. The highest BCUT2D eigenvalue weighted by Crippen LogP contribution is 2.34. The number of amides is 1. The van der Waals surface area contributed by atoms with Gasteiger partial charge in [0.2, 0.25) is 5.91 Å². The average molecular weight is 432 g/mol. The molecule has 5 rings (SSSR count). The Labute approximate surface area is 190 Å². The molecule has 2 heterocycles. The standard InChI is InChI=1S/C27H33N3O2/c1-19-9-8-10-20(2)26(19)32-16-15-29-24-14-7-6-13-23(24)28-27(29)21-17-25(31)30(18-21)22-11-4-3-5-12-22/h6-10,13-14,21-22H,3-5,11-12,15-18H2,1-2H3. The maximum absolute atomic E-state index is 12.9. The van der Waals surface area contributed by atoms with Gasteiger partial charge in [-0.25, -0.2) is 4.98 Å². The van der Waals surface area contributed by atoms with E-state index >= 15 is 0 Å². The number of likely N-dealkylation sites (tertiary alicyclic amines) is 1. The number of aryl methyl sites for hydroxylation is 2. The van der Waals surface area contributed by atoms with E-state index in [1.54, 1.807) is 0 Å². The van der Waals surface area contributed by atoms with Crippen molar-refractivity contribution >= 4 is 16.9 Å². The molecule has 1 atom stereocenters. The number of fused-ring (bicyclic) bond motifs is 1. The fourth-order valence-corrected chi connectivity index (χ4v) is 5.56. The molecule has 0 radical (unpaired) electrons. The molecule has 0 N–H and O–H groups in total. The van der Waals surface area contributed by atoms with Crippen molar-refractivity contribution in [3.63, 3.8) is 0 Å². The van der Waals surface area contributed by atoms with Gasteiger partial charge in [-0.15, -0.1) is 0 Å². The van der Waals surface area contributed by atoms with Crippen LogP contribution in [0.1, 0.15) is 61.4 Å². The molecule has 168 valence electrons. The van der Waals surface area contributed by atoms with Gasteiger partial charge in [0, 0.05) is 24.9 Å². The van der Waals surface area contributed by atoms with E-state index in [-0.39, 0.29) is 5.92 Å². The number of imidazole rings is 1. The number of para-hydroxylation sites is 3. The van der Waals surface area contributed by atoms with E-state index in [1.807, 2.05) is 6.07 Å². The summed E-state index contributed by atoms with van der Waals surface area (Å²) in [6.45, 7) is 6.27. The van der Waals surface area contributed by atoms with Crippen LogP contribution in [0, 0.1) is 13.8 Å². The third-order valence-electron chi connectivity index (χ3n) is 7.19. The molecule has 3 aromatic rings. The van der Waals surface area contributed by atoms with E-state index < -0.39 is 0 Å². The minimum absolute atomic E-state index is 0.150. The molecule has 5 heteroatoms. The van der Waals surface area contributed by atoms with Crippen LogP contribution in [-0.2, 0) is 11.3 Å². The van der Waals surface area contributed by atoms with E-state index in [2.05, 4.69) is 59.7 Å². The SMILES string of the molecule is Cc1cccc(C)c1OCCn1c(C2CC(=O)N(C3CCCCC3)C2)nc2ccccc21. The Morgan fingerprint density at radius 1 is 1.00 bits per heavy atom. The first-order chi connectivity index (χ1) is 15.6. The molecule has 0 spiro atoms. The zero-order valence-corrected chi connectivity index (χ0v) is 19.2. The van der Waals surface area contributed by atoms with Gasteiger partial charge in [0.1, 0.15) is 18.2 Å². The maximum Gasteiger partial charge on any atom is 0.223 e. The van der Waals surface area contributed by atoms with E-state index in [0.717, 1.165) is 59.7 Å². The molecular formula is C27H33N3O2. The van der Waals surface area contributed by atoms with Crippen molar-refractivity contribution in [3.05, 3.63) is 59.4 Å². The predicted octanol–water partition coefficient (Wildman–Crippen LogP) is 5.38. The fourth-order valence-electron chi connectivity index (χ4n) is 5.56. The van der Waals surface area contributed by atoms with E-state index in [0.29, 0.717) is 25.0 Å². The van der Waals surface area contributed by atoms with Crippen molar-refractivity contribution in [2.75, 3.05) is 13.2 Å². The number of hydrogen-bond donors (Lipinski definition) is 0. The number of rotatable bonds is 6. The lowest BCUT2D eigenvalue weighted by molar-refractivity contribution is -0.130. The topological polar surface area (TPSA) is 47.4 Å². The average Bonchev–Trinajstić information content (AvgIpc) is 3.37. The Bertz CT molecular complexity index is 1090. The smallest absolute Gasteiger partial charge is 0.223 e. The highest BCUT2D eigenvalue weighted by atomic mass is 16.5. The largest absolute Gasteiger partial charge is 0.491 e. The number of carbonyl (C=O) groups is 1. The molecule has 1 aliphatic carbocycles. The van der Waals surface area contributed by atoms with Crippen LogP contribution in [0.2, 0.25) is 0 Å². The summed E-state index contributed by atoms with van der Waals surface area (Å²) in [6, 6.07) is 14.9. The number of hydrogen-bond acceptors (Lipinski definition) is 3. The Morgan fingerprint density at radius 3 is 2.53 bits per heavy atom. The summed E-state index contributed by atoms with van der Waals surface area (Å²) in [5.41, 5.74) is 4.43. The van der Waals surface area contributed by atoms with Gasteiger partial charge in [0.25, 0.3) is 0 Å². The normalized spacial score (nSPS) is 19.8. The van der Waals surface area contributed by atoms with Crippen LogP contribution in [0.25, 0.3) is 11.0 Å². The quantitative estimate of drug-likeness (QED) is 0.526. The molecule has 2 aromatic carbocycles. The molecule has 1 aromatic heterocycles. The van der Waals surface area contributed by atoms with Crippen molar-refractivity contribution in [2.24, 2.45) is 0 Å². The van der Waals surface area contributed by atoms with Crippen LogP contribution in [0.3, 0.4) is 0 Å². The molecule has 5 nitrogen and oxygen atoms in total. The minimum atomic E-state index is 0.150. The number of nitrogens with zero attached hydrogens (tertiary/aromatic N) is 3. The first-order valence-electron chi connectivity index (χ1n) is 12.1. The van der Waals surface area contributed by atoms with E-state index in [4.69, 9.17) is 9.72 Å². The second-order valence-electron chi connectivity index (χ2n) is 9.42. The Balaban J connectivity index is 1.38. The van der Waals surface area contributed by atoms with Gasteiger partial charge >= 0.3 is 0 Å². The van der Waals surface area contributed by atoms with Crippen molar-refractivity contribution < 1.29 is 9.53 Å². The lowest BCUT2D eigenvalue weighted by Crippen LogP contribution is -2.37. The van der Waals surface area contributed by atoms with E-state index in [9.17, 15) is 4.79 Å². The third kappa shape index (κ3) is 4.01. The lowest BCUT2D eigenvalue weighted by Gasteiger charge is -2.31. The number of ether oxygens (including phenoxy) is 1. The Kier molecular flexibility index (Phi) is 5.90. The summed E-state index contributed by atoms with van der Waals surface area (Å²) in [6.07, 6.45) is 6.66. The first kappa shape index (κ1) is 21.0. The molecule has 2 fully saturated rings. The minimum Gasteiger partial charge on any atom is -0.491 e. The Morgan fingerprint density at radius 2 is 1.75 bits per heavy atom. The summed E-state index contributed by atoms with van der Waals surface area (Å²) >= 11 is 0. The van der Waals surface area contributed by atoms with Crippen molar-refractivity contribution in [3.8, 4) is 5.75 Å². The zero-order chi connectivity index (χ0) is 22.1. The van der Waals surface area contributed by atoms with Gasteiger partial charge in [-0.2, -0.15) is 0 Å². The highest BCUT2D eigenvalue weighted by Gasteiger charge is 2.37. The van der Waals surface area contributed by atoms with Crippen LogP contribution in [0.5, 0.6) is 5.75 Å². The summed E-state index contributed by atoms with van der Waals surface area (Å²) < 4.78 is 8.50. The third-order valence-corrected chi connectivity index (χ3v) is 7.19. The fraction of sp³-hybridized carbons (Fsp3) is 0.481. The molecule has 1 unspecified atom stereocenters. The zero-order valence-electron chi connectivity index (χ0n) is 19.2. The van der Waals surface area contributed by atoms with Gasteiger partial charge in [-0.1, -0.05) is 49.6 Å². The van der Waals surface area contributed by atoms with Crippen LogP contribution in [0.15, 0.2) is 42.5 Å². The molecule has 0 bridgehead atoms. The van der Waals surface area contributed by atoms with Crippen LogP contribution in [0.4, 0.5) is 0 Å². The summed E-state index contributed by atoms with van der Waals surface area (Å²) in [7, 11) is 0. The molecule has 1 saturated heterocycles. The van der Waals surface area contributed by atoms with Crippen LogP contribution < -0.4 is 4.74 Å². The van der Waals surface area contributed by atoms with E-state index in [1.165, 1.54) is 19.3 Å². The Hall–Kier alpha value is -2.82. The number of benzene rings is 2. The molecule has 1 aliphatic heterocycles. The summed E-state index contributed by atoms with van der Waals surface area (Å²) in [5.74, 6) is 2.45. The second kappa shape index (κ2) is 8.97. The van der Waals surface area contributed by atoms with Crippen LogP contribution in [-0.4, -0.2) is 39.6 Å². The molecule has 1 saturated carbocycles. The monoisotopic (exact) mass is 431 g/mol. The summed E-state index contributed by atoms with van der Waals surface area (Å²) in [5, 5.41) is 0. The predicted molar refractivity (Wildman–Crippen MR) is 127 cm³/mol. The van der Waals surface area contributed by atoms with Gasteiger partial charge in [-0.05, 0) is 49.9 Å². The van der Waals surface area contributed by atoms with Crippen molar-refractivity contribution in [2.45, 2.75) is 70.9 Å². The molecule has 2 aliphatic rings. The van der Waals surface area contributed by atoms with Crippen molar-refractivity contribution in [1.82, 2.24) is 14.5 Å². The second-order valence-corrected chi connectivity index (χ2v) is 9.42. The molecule has 32 heavy (non-hydrogen) atoms. The number of aromatic nitrogens is 2. The van der Waals surface area contributed by atoms with Crippen molar-refractivity contribution in [1.29, 1.82) is 0 Å². The maximum atomic E-state index is 12.9. The van der Waals surface area contributed by atoms with Gasteiger partial charge in [0.05, 0.1) is 17.6 Å². The first-order valence-corrected chi connectivity index (χ1v) is 12.1. The van der Waals surface area contributed by atoms with Gasteiger partial charge in [0.15, 0.2) is 0 Å².